The molecule has 1 aliphatic heterocycles. The number of carbonyl (C=O) groups excluding carboxylic acids is 1. The molecular formula is C17H28ClN3O3S. The predicted molar refractivity (Wildman–Crippen MR) is 101 cm³/mol. The molecule has 142 valence electrons. The second kappa shape index (κ2) is 8.49. The van der Waals surface area contributed by atoms with Crippen LogP contribution in [0.2, 0.25) is 0 Å². The van der Waals surface area contributed by atoms with E-state index in [0.29, 0.717) is 42.0 Å². The van der Waals surface area contributed by atoms with Crippen molar-refractivity contribution in [3.8, 4) is 0 Å². The standard InChI is InChI=1S/C17H27N3O3S.ClH/c1-11-8-12(2)16(13(3)9-11)24(22,23)20-7-5-6-15(20)17(21)19-14(4)10-18;/h8-9,14-15H,5-7,10,18H2,1-4H3,(H,19,21);1H/t14-,15?;/m0./s1. The molecule has 2 rings (SSSR count). The smallest absolute Gasteiger partial charge is 0.244 e. The number of hydrogen-bond donors (Lipinski definition) is 2. The van der Waals surface area contributed by atoms with Gasteiger partial charge in [0.1, 0.15) is 6.04 Å². The molecule has 1 aromatic carbocycles. The molecule has 25 heavy (non-hydrogen) atoms. The van der Waals surface area contributed by atoms with E-state index < -0.39 is 16.1 Å². The summed E-state index contributed by atoms with van der Waals surface area (Å²) < 4.78 is 27.7. The summed E-state index contributed by atoms with van der Waals surface area (Å²) in [5, 5.41) is 2.79. The highest BCUT2D eigenvalue weighted by atomic mass is 35.5. The van der Waals surface area contributed by atoms with Crippen LogP contribution in [0.15, 0.2) is 17.0 Å². The van der Waals surface area contributed by atoms with Crippen molar-refractivity contribution in [2.24, 2.45) is 5.73 Å². The van der Waals surface area contributed by atoms with Crippen molar-refractivity contribution < 1.29 is 13.2 Å². The largest absolute Gasteiger partial charge is 0.351 e. The van der Waals surface area contributed by atoms with Crippen molar-refractivity contribution in [3.63, 3.8) is 0 Å². The third-order valence-corrected chi connectivity index (χ3v) is 6.63. The van der Waals surface area contributed by atoms with Crippen molar-refractivity contribution in [2.75, 3.05) is 13.1 Å². The van der Waals surface area contributed by atoms with Gasteiger partial charge in [-0.1, -0.05) is 17.7 Å². The van der Waals surface area contributed by atoms with E-state index in [-0.39, 0.29) is 24.4 Å². The fourth-order valence-corrected chi connectivity index (χ4v) is 5.45. The van der Waals surface area contributed by atoms with Crippen LogP contribution >= 0.6 is 12.4 Å². The summed E-state index contributed by atoms with van der Waals surface area (Å²) in [6.07, 6.45) is 1.21. The average Bonchev–Trinajstić information content (AvgIpc) is 2.95. The molecule has 1 heterocycles. The van der Waals surface area contributed by atoms with Gasteiger partial charge in [0.2, 0.25) is 15.9 Å². The van der Waals surface area contributed by atoms with Gasteiger partial charge in [0.15, 0.2) is 0 Å². The minimum absolute atomic E-state index is 0. The maximum absolute atomic E-state index is 13.2. The maximum Gasteiger partial charge on any atom is 0.244 e. The molecule has 1 unspecified atom stereocenters. The van der Waals surface area contributed by atoms with Gasteiger partial charge in [-0.2, -0.15) is 4.31 Å². The van der Waals surface area contributed by atoms with Crippen LogP contribution in [-0.2, 0) is 14.8 Å². The van der Waals surface area contributed by atoms with E-state index in [2.05, 4.69) is 5.32 Å². The molecule has 1 saturated heterocycles. The van der Waals surface area contributed by atoms with Crippen molar-refractivity contribution in [1.82, 2.24) is 9.62 Å². The van der Waals surface area contributed by atoms with Crippen LogP contribution in [0.3, 0.4) is 0 Å². The third-order valence-electron chi connectivity index (χ3n) is 4.42. The highest BCUT2D eigenvalue weighted by molar-refractivity contribution is 7.89. The van der Waals surface area contributed by atoms with Gasteiger partial charge in [0.25, 0.3) is 0 Å². The van der Waals surface area contributed by atoms with Gasteiger partial charge in [-0.15, -0.1) is 12.4 Å². The number of hydrogen-bond acceptors (Lipinski definition) is 4. The normalized spacial score (nSPS) is 19.3. The molecule has 0 saturated carbocycles. The van der Waals surface area contributed by atoms with Gasteiger partial charge < -0.3 is 11.1 Å². The number of aryl methyl sites for hydroxylation is 3. The van der Waals surface area contributed by atoms with E-state index in [0.717, 1.165) is 5.56 Å². The number of nitrogens with one attached hydrogen (secondary N) is 1. The molecule has 1 aromatic rings. The second-order valence-corrected chi connectivity index (χ2v) is 8.47. The topological polar surface area (TPSA) is 92.5 Å². The number of carbonyl (C=O) groups is 1. The Morgan fingerprint density at radius 1 is 1.32 bits per heavy atom. The van der Waals surface area contributed by atoms with E-state index in [1.807, 2.05) is 19.1 Å². The Bertz CT molecular complexity index is 714. The molecule has 1 amide bonds. The monoisotopic (exact) mass is 389 g/mol. The van der Waals surface area contributed by atoms with E-state index in [4.69, 9.17) is 5.73 Å². The molecule has 0 aromatic heterocycles. The number of benzene rings is 1. The number of amides is 1. The van der Waals surface area contributed by atoms with Crippen molar-refractivity contribution in [2.45, 2.75) is 57.5 Å². The quantitative estimate of drug-likeness (QED) is 0.800. The zero-order valence-corrected chi connectivity index (χ0v) is 16.8. The van der Waals surface area contributed by atoms with Crippen LogP contribution in [-0.4, -0.2) is 43.8 Å². The van der Waals surface area contributed by atoms with Crippen molar-refractivity contribution in [1.29, 1.82) is 0 Å². The summed E-state index contributed by atoms with van der Waals surface area (Å²) in [5.41, 5.74) is 8.00. The Hall–Kier alpha value is -1.15. The summed E-state index contributed by atoms with van der Waals surface area (Å²) in [7, 11) is -3.71. The lowest BCUT2D eigenvalue weighted by Gasteiger charge is -2.26. The minimum atomic E-state index is -3.71. The molecule has 1 aliphatic rings. The number of halogens is 1. The maximum atomic E-state index is 13.2. The van der Waals surface area contributed by atoms with Crippen molar-refractivity contribution >= 4 is 28.3 Å². The molecule has 0 spiro atoms. The second-order valence-electron chi connectivity index (χ2n) is 6.65. The van der Waals surface area contributed by atoms with Crippen molar-refractivity contribution in [3.05, 3.63) is 28.8 Å². The minimum Gasteiger partial charge on any atom is -0.351 e. The number of rotatable bonds is 5. The zero-order chi connectivity index (χ0) is 18.1. The highest BCUT2D eigenvalue weighted by Gasteiger charge is 2.40. The van der Waals surface area contributed by atoms with Gasteiger partial charge in [-0.05, 0) is 51.7 Å². The number of nitrogens with two attached hydrogens (primary N) is 1. The Morgan fingerprint density at radius 2 is 1.88 bits per heavy atom. The van der Waals surface area contributed by atoms with E-state index in [1.54, 1.807) is 20.8 Å². The van der Waals surface area contributed by atoms with Gasteiger partial charge in [-0.3, -0.25) is 4.79 Å². The molecular weight excluding hydrogens is 362 g/mol. The first-order valence-corrected chi connectivity index (χ1v) is 9.72. The number of sulfonamides is 1. The van der Waals surface area contributed by atoms with Crippen LogP contribution < -0.4 is 11.1 Å². The summed E-state index contributed by atoms with van der Waals surface area (Å²) in [6.45, 7) is 8.03. The summed E-state index contributed by atoms with van der Waals surface area (Å²) >= 11 is 0. The zero-order valence-electron chi connectivity index (χ0n) is 15.2. The van der Waals surface area contributed by atoms with Gasteiger partial charge in [0, 0.05) is 19.1 Å². The Balaban J connectivity index is 0.00000312. The fourth-order valence-electron chi connectivity index (χ4n) is 3.38. The summed E-state index contributed by atoms with van der Waals surface area (Å²) in [4.78, 5) is 12.8. The summed E-state index contributed by atoms with van der Waals surface area (Å²) in [5.74, 6) is -0.267. The van der Waals surface area contributed by atoms with E-state index in [1.165, 1.54) is 4.31 Å². The Kier molecular flexibility index (Phi) is 7.43. The molecule has 8 heteroatoms. The van der Waals surface area contributed by atoms with Crippen LogP contribution in [0.5, 0.6) is 0 Å². The van der Waals surface area contributed by atoms with Gasteiger partial charge in [-0.25, -0.2) is 8.42 Å². The lowest BCUT2D eigenvalue weighted by atomic mass is 10.1. The first kappa shape index (κ1) is 21.9. The first-order chi connectivity index (χ1) is 11.2. The van der Waals surface area contributed by atoms with Crippen LogP contribution in [0.4, 0.5) is 0 Å². The van der Waals surface area contributed by atoms with Crippen LogP contribution in [0, 0.1) is 20.8 Å². The fraction of sp³-hybridized carbons (Fsp3) is 0.588. The highest BCUT2D eigenvalue weighted by Crippen LogP contribution is 2.30. The molecule has 6 nitrogen and oxygen atoms in total. The molecule has 0 bridgehead atoms. The van der Waals surface area contributed by atoms with Gasteiger partial charge in [0.05, 0.1) is 4.90 Å². The van der Waals surface area contributed by atoms with E-state index in [9.17, 15) is 13.2 Å². The van der Waals surface area contributed by atoms with Crippen LogP contribution in [0.1, 0.15) is 36.5 Å². The number of nitrogens with zero attached hydrogens (tertiary/aromatic N) is 1. The molecule has 1 fully saturated rings. The third kappa shape index (κ3) is 4.53. The molecule has 0 aliphatic carbocycles. The summed E-state index contributed by atoms with van der Waals surface area (Å²) in [6, 6.07) is 2.89. The Morgan fingerprint density at radius 3 is 2.40 bits per heavy atom. The molecule has 2 atom stereocenters. The first-order valence-electron chi connectivity index (χ1n) is 8.28. The molecule has 3 N–H and O–H groups in total. The lowest BCUT2D eigenvalue weighted by molar-refractivity contribution is -0.124. The molecule has 0 radical (unpaired) electrons. The van der Waals surface area contributed by atoms with Crippen LogP contribution in [0.25, 0.3) is 0 Å². The SMILES string of the molecule is Cc1cc(C)c(S(=O)(=O)N2CCCC2C(=O)N[C@@H](C)CN)c(C)c1.Cl. The average molecular weight is 390 g/mol. The van der Waals surface area contributed by atoms with Gasteiger partial charge >= 0.3 is 0 Å². The van der Waals surface area contributed by atoms with E-state index >= 15 is 0 Å². The Labute approximate surface area is 156 Å². The predicted octanol–water partition coefficient (Wildman–Crippen LogP) is 1.65. The lowest BCUT2D eigenvalue weighted by Crippen LogP contribution is -2.49.